The third-order valence-electron chi connectivity index (χ3n) is 4.31. The van der Waals surface area contributed by atoms with Crippen LogP contribution in [0.3, 0.4) is 0 Å². The van der Waals surface area contributed by atoms with E-state index < -0.39 is 5.41 Å². The number of aryl methyl sites for hydroxylation is 1. The molecule has 1 saturated heterocycles. The van der Waals surface area contributed by atoms with Gasteiger partial charge in [-0.25, -0.2) is 4.90 Å². The van der Waals surface area contributed by atoms with Crippen molar-refractivity contribution < 1.29 is 9.59 Å². The van der Waals surface area contributed by atoms with E-state index >= 15 is 0 Å². The average Bonchev–Trinajstić information content (AvgIpc) is 2.62. The Morgan fingerprint density at radius 2 is 2.00 bits per heavy atom. The highest BCUT2D eigenvalue weighted by Gasteiger charge is 2.50. The predicted octanol–water partition coefficient (Wildman–Crippen LogP) is 2.79. The van der Waals surface area contributed by atoms with Crippen molar-refractivity contribution in [3.63, 3.8) is 0 Å². The SMILES string of the molecule is Cc1ccc(C#N)cc1N1C(=O)CC(C)(C(C)C)C1=O. The summed E-state index contributed by atoms with van der Waals surface area (Å²) in [6.07, 6.45) is 0.222. The van der Waals surface area contributed by atoms with Crippen LogP contribution in [0.15, 0.2) is 18.2 Å². The Balaban J connectivity index is 2.52. The molecule has 1 aliphatic rings. The van der Waals surface area contributed by atoms with Gasteiger partial charge in [0.2, 0.25) is 11.8 Å². The number of carbonyl (C=O) groups is 2. The zero-order valence-electron chi connectivity index (χ0n) is 12.2. The van der Waals surface area contributed by atoms with Gasteiger partial charge in [-0.05, 0) is 37.5 Å². The van der Waals surface area contributed by atoms with Crippen LogP contribution in [0.2, 0.25) is 0 Å². The normalized spacial score (nSPS) is 22.5. The monoisotopic (exact) mass is 270 g/mol. The molecule has 1 unspecified atom stereocenters. The zero-order chi connectivity index (χ0) is 15.1. The van der Waals surface area contributed by atoms with Crippen LogP contribution in [0.1, 0.15) is 38.3 Å². The Morgan fingerprint density at radius 3 is 2.50 bits per heavy atom. The predicted molar refractivity (Wildman–Crippen MR) is 75.9 cm³/mol. The number of hydrogen-bond donors (Lipinski definition) is 0. The molecule has 0 aromatic heterocycles. The molecule has 2 rings (SSSR count). The molecule has 2 amide bonds. The number of nitriles is 1. The van der Waals surface area contributed by atoms with Crippen molar-refractivity contribution in [2.24, 2.45) is 11.3 Å². The third-order valence-corrected chi connectivity index (χ3v) is 4.31. The number of imide groups is 1. The Bertz CT molecular complexity index is 628. The van der Waals surface area contributed by atoms with Gasteiger partial charge in [-0.15, -0.1) is 0 Å². The summed E-state index contributed by atoms with van der Waals surface area (Å²) in [6.45, 7) is 7.57. The molecule has 1 atom stereocenters. The number of rotatable bonds is 2. The van der Waals surface area contributed by atoms with Crippen molar-refractivity contribution in [1.82, 2.24) is 0 Å². The first kappa shape index (κ1) is 14.3. The highest BCUT2D eigenvalue weighted by Crippen LogP contribution is 2.42. The molecule has 1 heterocycles. The van der Waals surface area contributed by atoms with Crippen molar-refractivity contribution in [2.45, 2.75) is 34.1 Å². The molecule has 4 nitrogen and oxygen atoms in total. The van der Waals surface area contributed by atoms with E-state index in [-0.39, 0.29) is 24.2 Å². The molecular formula is C16H18N2O2. The number of nitrogens with zero attached hydrogens (tertiary/aromatic N) is 2. The van der Waals surface area contributed by atoms with Gasteiger partial charge in [-0.2, -0.15) is 5.26 Å². The second kappa shape index (κ2) is 4.75. The summed E-state index contributed by atoms with van der Waals surface area (Å²) >= 11 is 0. The molecule has 0 spiro atoms. The van der Waals surface area contributed by atoms with Crippen molar-refractivity contribution >= 4 is 17.5 Å². The van der Waals surface area contributed by atoms with Gasteiger partial charge in [0, 0.05) is 6.42 Å². The van der Waals surface area contributed by atoms with Crippen LogP contribution >= 0.6 is 0 Å². The van der Waals surface area contributed by atoms with Crippen molar-refractivity contribution in [3.8, 4) is 6.07 Å². The lowest BCUT2D eigenvalue weighted by Gasteiger charge is -2.26. The van der Waals surface area contributed by atoms with Gasteiger partial charge in [0.25, 0.3) is 0 Å². The number of benzene rings is 1. The van der Waals surface area contributed by atoms with Crippen molar-refractivity contribution in [1.29, 1.82) is 5.26 Å². The summed E-state index contributed by atoms with van der Waals surface area (Å²) in [5, 5.41) is 8.98. The highest BCUT2D eigenvalue weighted by atomic mass is 16.2. The van der Waals surface area contributed by atoms with E-state index in [1.165, 1.54) is 4.90 Å². The molecule has 0 N–H and O–H groups in total. The van der Waals surface area contributed by atoms with Crippen LogP contribution in [0.5, 0.6) is 0 Å². The molecule has 0 aliphatic carbocycles. The van der Waals surface area contributed by atoms with E-state index in [1.807, 2.05) is 33.8 Å². The molecule has 20 heavy (non-hydrogen) atoms. The van der Waals surface area contributed by atoms with E-state index in [4.69, 9.17) is 5.26 Å². The maximum atomic E-state index is 12.7. The molecule has 1 aromatic carbocycles. The fraction of sp³-hybridized carbons (Fsp3) is 0.438. The van der Waals surface area contributed by atoms with Crippen LogP contribution in [-0.4, -0.2) is 11.8 Å². The van der Waals surface area contributed by atoms with E-state index in [2.05, 4.69) is 0 Å². The second-order valence-electron chi connectivity index (χ2n) is 5.90. The standard InChI is InChI=1S/C16H18N2O2/c1-10(2)16(4)8-14(19)18(15(16)20)13-7-12(9-17)6-5-11(13)3/h5-7,10H,8H2,1-4H3. The van der Waals surface area contributed by atoms with Crippen LogP contribution in [0.4, 0.5) is 5.69 Å². The van der Waals surface area contributed by atoms with E-state index in [9.17, 15) is 9.59 Å². The zero-order valence-corrected chi connectivity index (χ0v) is 12.2. The van der Waals surface area contributed by atoms with Gasteiger partial charge in [0.15, 0.2) is 0 Å². The molecule has 1 aromatic rings. The Morgan fingerprint density at radius 1 is 1.35 bits per heavy atom. The molecular weight excluding hydrogens is 252 g/mol. The number of anilines is 1. The minimum Gasteiger partial charge on any atom is -0.274 e. The Labute approximate surface area is 119 Å². The van der Waals surface area contributed by atoms with Gasteiger partial charge in [0.1, 0.15) is 0 Å². The van der Waals surface area contributed by atoms with Gasteiger partial charge in [-0.1, -0.05) is 19.9 Å². The van der Waals surface area contributed by atoms with E-state index in [1.54, 1.807) is 18.2 Å². The summed E-state index contributed by atoms with van der Waals surface area (Å²) < 4.78 is 0. The summed E-state index contributed by atoms with van der Waals surface area (Å²) in [4.78, 5) is 26.2. The van der Waals surface area contributed by atoms with Crippen LogP contribution in [0.25, 0.3) is 0 Å². The minimum absolute atomic E-state index is 0.0865. The molecule has 0 saturated carbocycles. The first-order valence-electron chi connectivity index (χ1n) is 6.69. The molecule has 0 bridgehead atoms. The smallest absolute Gasteiger partial charge is 0.240 e. The number of carbonyl (C=O) groups excluding carboxylic acids is 2. The van der Waals surface area contributed by atoms with Gasteiger partial charge < -0.3 is 0 Å². The highest BCUT2D eigenvalue weighted by molar-refractivity contribution is 6.22. The van der Waals surface area contributed by atoms with Crippen molar-refractivity contribution in [2.75, 3.05) is 4.90 Å². The largest absolute Gasteiger partial charge is 0.274 e. The summed E-state index contributed by atoms with van der Waals surface area (Å²) in [6, 6.07) is 7.10. The van der Waals surface area contributed by atoms with Gasteiger partial charge >= 0.3 is 0 Å². The van der Waals surface area contributed by atoms with Crippen LogP contribution in [-0.2, 0) is 9.59 Å². The van der Waals surface area contributed by atoms with Gasteiger partial charge in [0.05, 0.1) is 22.7 Å². The minimum atomic E-state index is -0.661. The lowest BCUT2D eigenvalue weighted by Crippen LogP contribution is -2.37. The van der Waals surface area contributed by atoms with Gasteiger partial charge in [-0.3, -0.25) is 9.59 Å². The van der Waals surface area contributed by atoms with E-state index in [0.29, 0.717) is 11.3 Å². The Kier molecular flexibility index (Phi) is 3.39. The number of hydrogen-bond acceptors (Lipinski definition) is 3. The lowest BCUT2D eigenvalue weighted by molar-refractivity contribution is -0.126. The average molecular weight is 270 g/mol. The maximum Gasteiger partial charge on any atom is 0.240 e. The van der Waals surface area contributed by atoms with Crippen LogP contribution < -0.4 is 4.90 Å². The lowest BCUT2D eigenvalue weighted by atomic mass is 9.78. The fourth-order valence-corrected chi connectivity index (χ4v) is 2.45. The summed E-state index contributed by atoms with van der Waals surface area (Å²) in [5.74, 6) is -0.275. The molecule has 1 fully saturated rings. The molecule has 1 aliphatic heterocycles. The maximum absolute atomic E-state index is 12.7. The first-order valence-corrected chi connectivity index (χ1v) is 6.69. The molecule has 4 heteroatoms. The fourth-order valence-electron chi connectivity index (χ4n) is 2.45. The Hall–Kier alpha value is -2.15. The quantitative estimate of drug-likeness (QED) is 0.776. The molecule has 104 valence electrons. The first-order chi connectivity index (χ1) is 9.31. The van der Waals surface area contributed by atoms with Crippen LogP contribution in [0, 0.1) is 29.6 Å². The van der Waals surface area contributed by atoms with E-state index in [0.717, 1.165) is 5.56 Å². The molecule has 0 radical (unpaired) electrons. The second-order valence-corrected chi connectivity index (χ2v) is 5.90. The third kappa shape index (κ3) is 2.00. The summed E-state index contributed by atoms with van der Waals surface area (Å²) in [5.41, 5.74) is 1.14. The van der Waals surface area contributed by atoms with Crippen molar-refractivity contribution in [3.05, 3.63) is 29.3 Å². The topological polar surface area (TPSA) is 61.2 Å². The summed E-state index contributed by atoms with van der Waals surface area (Å²) in [7, 11) is 0. The number of amides is 2.